The summed E-state index contributed by atoms with van der Waals surface area (Å²) in [6, 6.07) is 7.46. The van der Waals surface area contributed by atoms with Crippen molar-refractivity contribution in [3.63, 3.8) is 0 Å². The van der Waals surface area contributed by atoms with E-state index in [1.54, 1.807) is 57.2 Å². The van der Waals surface area contributed by atoms with Crippen LogP contribution in [0.1, 0.15) is 124 Å². The predicted molar refractivity (Wildman–Crippen MR) is 332 cm³/mol. The number of imide groups is 1. The van der Waals surface area contributed by atoms with Gasteiger partial charge in [0.25, 0.3) is 17.4 Å². The van der Waals surface area contributed by atoms with Crippen molar-refractivity contribution in [3.05, 3.63) is 87.5 Å². The van der Waals surface area contributed by atoms with Gasteiger partial charge in [0.05, 0.1) is 53.6 Å². The number of amides is 9. The fourth-order valence-electron chi connectivity index (χ4n) is 8.95. The van der Waals surface area contributed by atoms with Gasteiger partial charge in [0.15, 0.2) is 16.9 Å². The molecule has 0 bridgehead atoms. The summed E-state index contributed by atoms with van der Waals surface area (Å²) in [5.41, 5.74) is 15.6. The average Bonchev–Trinajstić information content (AvgIpc) is 1.56. The van der Waals surface area contributed by atoms with Crippen LogP contribution in [0.2, 0.25) is 0 Å². The van der Waals surface area contributed by atoms with Crippen LogP contribution in [0.4, 0.5) is 11.6 Å². The number of thioether (sulfide) groups is 1. The first-order valence-electron chi connectivity index (χ1n) is 28.9. The van der Waals surface area contributed by atoms with Crippen LogP contribution in [0.3, 0.4) is 0 Å². The Balaban J connectivity index is 1.07. The monoisotopic (exact) mass is 1280 g/mol. The quantitative estimate of drug-likeness (QED) is 0.00923. The van der Waals surface area contributed by atoms with E-state index in [2.05, 4.69) is 67.7 Å². The summed E-state index contributed by atoms with van der Waals surface area (Å²) in [7, 11) is 1.47. The van der Waals surface area contributed by atoms with Gasteiger partial charge in [-0.1, -0.05) is 32.4 Å². The molecule has 16 N–H and O–H groups in total. The molecule has 32 nitrogen and oxygen atoms in total. The Kier molecular flexibility index (Phi) is 27.1. The molecule has 91 heavy (non-hydrogen) atoms. The molecule has 2 aromatic carbocycles. The third-order valence-electron chi connectivity index (χ3n) is 14.1. The van der Waals surface area contributed by atoms with Gasteiger partial charge in [-0.05, 0) is 81.0 Å². The number of carboxylic acid groups (broad SMARTS) is 2. The standard InChI is InChI=1S/C58H75N17O15S/c1-29(2)47(54(86)62-5)70-52(84)34-14-12-32(13-15-34)30(3)73-74-44(78)20-22-75-45(79)25-41(56(75)88)91-28-35(57(89)90)23-40(76)39(24-46(80)81)69-53(85)38(9-6-7-10-42(59)60)68-50(82)31(4)66-43(77)11-8-21-63-51(83)33-16-18-36(19-17-33)64-26-37-27-65-49-48(67-37)55(87)72-58(61)71-49/h12-19,27,29,31,35,38-39,41,47,64H,6-11,20-26,28H2,1-5H3,(H3,59,60)(H,62,86)(H,63,83)(H,66,77)(H,68,82)(H,69,85)(H,70,84)(H,74,78)(H,80,81)(H,89,90)(H3,61,65,71,72,87)/b73-30-/t31-,35?,38+,39+,41?,47-/m0/s1. The highest BCUT2D eigenvalue weighted by Gasteiger charge is 2.40. The molecule has 5 rings (SSSR count). The van der Waals surface area contributed by atoms with Crippen LogP contribution in [-0.2, 0) is 54.5 Å². The largest absolute Gasteiger partial charge is 0.481 e. The number of amidine groups is 1. The number of rotatable bonds is 36. The highest BCUT2D eigenvalue weighted by molar-refractivity contribution is 8.00. The number of fused-ring (bicyclic) bond motifs is 1. The molecular formula is C58H75N17O15S. The Hall–Kier alpha value is -10.2. The number of unbranched alkanes of at least 4 members (excludes halogenated alkanes) is 1. The second-order valence-corrected chi connectivity index (χ2v) is 22.8. The van der Waals surface area contributed by atoms with Gasteiger partial charge in [-0.2, -0.15) is 10.1 Å². The summed E-state index contributed by atoms with van der Waals surface area (Å²) < 4.78 is 0. The highest BCUT2D eigenvalue weighted by Crippen LogP contribution is 2.28. The molecule has 0 radical (unpaired) electrons. The molecule has 9 amide bonds. The third kappa shape index (κ3) is 22.4. The van der Waals surface area contributed by atoms with Crippen LogP contribution >= 0.6 is 11.8 Å². The zero-order valence-electron chi connectivity index (χ0n) is 50.6. The molecule has 1 fully saturated rings. The maximum atomic E-state index is 13.8. The molecule has 2 aromatic heterocycles. The number of hydrogen-bond donors (Lipinski definition) is 14. The van der Waals surface area contributed by atoms with E-state index in [0.29, 0.717) is 34.6 Å². The van der Waals surface area contributed by atoms with Gasteiger partial charge in [-0.25, -0.2) is 15.4 Å². The lowest BCUT2D eigenvalue weighted by molar-refractivity contribution is -0.144. The lowest BCUT2D eigenvalue weighted by atomic mass is 9.97. The normalized spacial score (nSPS) is 14.7. The molecule has 4 aromatic rings. The van der Waals surface area contributed by atoms with Crippen LogP contribution in [0, 0.1) is 17.2 Å². The summed E-state index contributed by atoms with van der Waals surface area (Å²) in [5.74, 6) is -12.1. The molecular weight excluding hydrogens is 1210 g/mol. The number of likely N-dealkylation sites (N-methyl/N-ethyl adjacent to an activating group) is 1. The molecule has 1 aliphatic heterocycles. The average molecular weight is 1280 g/mol. The van der Waals surface area contributed by atoms with Gasteiger partial charge >= 0.3 is 11.9 Å². The van der Waals surface area contributed by atoms with Crippen molar-refractivity contribution in [3.8, 4) is 0 Å². The number of aromatic nitrogens is 4. The Labute approximate surface area is 525 Å². The Morgan fingerprint density at radius 3 is 2.10 bits per heavy atom. The van der Waals surface area contributed by atoms with Gasteiger partial charge in [0, 0.05) is 74.8 Å². The summed E-state index contributed by atoms with van der Waals surface area (Å²) >= 11 is 0.765. The van der Waals surface area contributed by atoms with Crippen molar-refractivity contribution < 1.29 is 67.7 Å². The molecule has 0 aliphatic carbocycles. The number of aliphatic carboxylic acids is 2. The van der Waals surface area contributed by atoms with Crippen molar-refractivity contribution in [1.29, 1.82) is 5.41 Å². The molecule has 33 heteroatoms. The lowest BCUT2D eigenvalue weighted by Crippen LogP contribution is -2.55. The van der Waals surface area contributed by atoms with Crippen LogP contribution in [0.5, 0.6) is 0 Å². The number of nitrogens with zero attached hydrogens (tertiary/aromatic N) is 5. The van der Waals surface area contributed by atoms with Gasteiger partial charge in [-0.3, -0.25) is 77.6 Å². The Morgan fingerprint density at radius 1 is 0.791 bits per heavy atom. The number of carbonyl (C=O) groups is 12. The number of hydrazone groups is 1. The van der Waals surface area contributed by atoms with E-state index < -0.39 is 124 Å². The first-order valence-corrected chi connectivity index (χ1v) is 29.9. The number of ketones is 1. The minimum atomic E-state index is -1.80. The molecule has 0 saturated carbocycles. The number of carboxylic acids is 2. The SMILES string of the molecule is CNC(=O)[C@@H](NC(=O)c1ccc(/C(C)=N\NC(=O)CCN2C(=O)CC(SCC(CC(=O)[C@@H](CC(=O)O)NC(=O)[C@@H](CCCCC(=N)N)NC(=O)[C@H](C)NC(=O)CCCNC(=O)c3ccc(NCc4cnc5nc(N)[nH]c(=O)c5n4)cc3)C(=O)O)C2=O)cc1)C(C)C. The van der Waals surface area contributed by atoms with Gasteiger partial charge in [-0.15, -0.1) is 11.8 Å². The predicted octanol–water partition coefficient (Wildman–Crippen LogP) is -0.186. The van der Waals surface area contributed by atoms with Crippen LogP contribution in [0.15, 0.2) is 64.6 Å². The van der Waals surface area contributed by atoms with E-state index in [0.717, 1.165) is 16.7 Å². The van der Waals surface area contributed by atoms with Crippen LogP contribution < -0.4 is 59.7 Å². The minimum absolute atomic E-state index is 0.0256. The van der Waals surface area contributed by atoms with Crippen LogP contribution in [0.25, 0.3) is 11.2 Å². The molecule has 1 aliphatic rings. The second-order valence-electron chi connectivity index (χ2n) is 21.5. The van der Waals surface area contributed by atoms with E-state index in [4.69, 9.17) is 16.9 Å². The molecule has 1 saturated heterocycles. The molecule has 488 valence electrons. The van der Waals surface area contributed by atoms with E-state index >= 15 is 0 Å². The number of aromatic amines is 1. The first-order chi connectivity index (χ1) is 43.1. The lowest BCUT2D eigenvalue weighted by Gasteiger charge is -2.24. The third-order valence-corrected chi connectivity index (χ3v) is 15.5. The maximum absolute atomic E-state index is 13.8. The van der Waals surface area contributed by atoms with Crippen molar-refractivity contribution in [2.24, 2.45) is 22.7 Å². The number of anilines is 2. The number of nitrogens with two attached hydrogens (primary N) is 2. The van der Waals surface area contributed by atoms with Crippen LogP contribution in [-0.4, -0.2) is 173 Å². The number of nitrogens with one attached hydrogen (secondary N) is 10. The first kappa shape index (κ1) is 71.5. The van der Waals surface area contributed by atoms with Crippen molar-refractivity contribution in [1.82, 2.24) is 62.2 Å². The van der Waals surface area contributed by atoms with Crippen molar-refractivity contribution in [2.45, 2.75) is 128 Å². The van der Waals surface area contributed by atoms with Crippen molar-refractivity contribution in [2.75, 3.05) is 36.9 Å². The van der Waals surface area contributed by atoms with Gasteiger partial charge in [0.1, 0.15) is 18.1 Å². The zero-order chi connectivity index (χ0) is 67.1. The van der Waals surface area contributed by atoms with E-state index in [9.17, 15) is 72.5 Å². The number of benzene rings is 2. The minimum Gasteiger partial charge on any atom is -0.481 e. The zero-order valence-corrected chi connectivity index (χ0v) is 51.5. The Bertz CT molecular complexity index is 3470. The van der Waals surface area contributed by atoms with Crippen molar-refractivity contribution >= 4 is 117 Å². The molecule has 2 unspecified atom stereocenters. The smallest absolute Gasteiger partial charge is 0.307 e. The van der Waals surface area contributed by atoms with E-state index in [1.165, 1.54) is 32.3 Å². The maximum Gasteiger partial charge on any atom is 0.307 e. The summed E-state index contributed by atoms with van der Waals surface area (Å²) in [6.07, 6.45) is -0.511. The fraction of sp³-hybridized carbons (Fsp3) is 0.448. The fourth-order valence-corrected chi connectivity index (χ4v) is 10.2. The summed E-state index contributed by atoms with van der Waals surface area (Å²) in [4.78, 5) is 183. The number of nitrogen functional groups attached to an aromatic ring is 1. The highest BCUT2D eigenvalue weighted by atomic mass is 32.2. The van der Waals surface area contributed by atoms with E-state index in [-0.39, 0.29) is 105 Å². The number of hydrogen-bond acceptors (Lipinski definition) is 21. The van der Waals surface area contributed by atoms with Gasteiger partial charge < -0.3 is 58.9 Å². The molecule has 0 spiro atoms. The second kappa shape index (κ2) is 34.5. The summed E-state index contributed by atoms with van der Waals surface area (Å²) in [5, 5.41) is 48.8. The number of Topliss-reactive ketones (excluding diaryl/α,β-unsaturated/α-hetero) is 1. The topological polar surface area (TPSA) is 505 Å². The number of H-pyrrole nitrogens is 1. The van der Waals surface area contributed by atoms with E-state index in [1.807, 2.05) is 0 Å². The molecule has 6 atom stereocenters. The van der Waals surface area contributed by atoms with Gasteiger partial charge in [0.2, 0.25) is 47.3 Å². The number of carbonyl (C=O) groups excluding carboxylic acids is 10. The summed E-state index contributed by atoms with van der Waals surface area (Å²) in [6.45, 7) is 6.45. The number of likely N-dealkylation sites (tertiary alicyclic amines) is 1. The Morgan fingerprint density at radius 2 is 1.45 bits per heavy atom. The molecule has 3 heterocycles.